The van der Waals surface area contributed by atoms with E-state index in [4.69, 9.17) is 14.7 Å². The van der Waals surface area contributed by atoms with Gasteiger partial charge in [-0.3, -0.25) is 0 Å². The van der Waals surface area contributed by atoms with Gasteiger partial charge >= 0.3 is 0 Å². The molecule has 0 amide bonds. The van der Waals surface area contributed by atoms with Crippen LogP contribution < -0.4 is 14.8 Å². The molecule has 0 saturated carbocycles. The van der Waals surface area contributed by atoms with Gasteiger partial charge in [-0.25, -0.2) is 9.97 Å². The molecule has 21 heavy (non-hydrogen) atoms. The number of aromatic nitrogens is 2. The molecule has 0 unspecified atom stereocenters. The monoisotopic (exact) mass is 284 g/mol. The van der Waals surface area contributed by atoms with Crippen LogP contribution in [-0.2, 0) is 6.42 Å². The van der Waals surface area contributed by atoms with Crippen molar-refractivity contribution < 1.29 is 9.47 Å². The Morgan fingerprint density at radius 1 is 1.29 bits per heavy atom. The fourth-order valence-corrected chi connectivity index (χ4v) is 1.94. The Kier molecular flexibility index (Phi) is 4.57. The summed E-state index contributed by atoms with van der Waals surface area (Å²) in [4.78, 5) is 8.34. The number of ether oxygens (including phenoxy) is 2. The molecule has 6 nitrogen and oxygen atoms in total. The first-order valence-corrected chi connectivity index (χ1v) is 6.51. The number of benzene rings is 1. The molecule has 1 aromatic heterocycles. The van der Waals surface area contributed by atoms with E-state index in [1.54, 1.807) is 25.2 Å². The quantitative estimate of drug-likeness (QED) is 0.909. The van der Waals surface area contributed by atoms with E-state index in [9.17, 15) is 0 Å². The Hall–Kier alpha value is -2.81. The smallest absolute Gasteiger partial charge is 0.227 e. The van der Waals surface area contributed by atoms with Gasteiger partial charge in [-0.15, -0.1) is 0 Å². The van der Waals surface area contributed by atoms with E-state index in [0.29, 0.717) is 22.9 Å². The van der Waals surface area contributed by atoms with E-state index in [2.05, 4.69) is 21.4 Å². The molecular formula is C15H16N4O2. The number of anilines is 1. The van der Waals surface area contributed by atoms with Gasteiger partial charge < -0.3 is 14.8 Å². The molecule has 1 N–H and O–H groups in total. The minimum Gasteiger partial charge on any atom is -0.493 e. The third kappa shape index (κ3) is 3.03. The van der Waals surface area contributed by atoms with Crippen molar-refractivity contribution >= 4 is 5.82 Å². The van der Waals surface area contributed by atoms with Crippen LogP contribution in [0.2, 0.25) is 0 Å². The minimum absolute atomic E-state index is 0.472. The number of rotatable bonds is 5. The van der Waals surface area contributed by atoms with Crippen LogP contribution in [0.25, 0.3) is 0 Å². The van der Waals surface area contributed by atoms with Gasteiger partial charge in [-0.1, -0.05) is 6.92 Å². The molecule has 6 heteroatoms. The first-order chi connectivity index (χ1) is 10.2. The summed E-state index contributed by atoms with van der Waals surface area (Å²) in [5, 5.41) is 11.9. The number of nitrogens with zero attached hydrogens (tertiary/aromatic N) is 3. The Labute approximate surface area is 123 Å². The minimum atomic E-state index is 0.472. The third-order valence-corrected chi connectivity index (χ3v) is 3.00. The van der Waals surface area contributed by atoms with E-state index in [-0.39, 0.29) is 0 Å². The first kappa shape index (κ1) is 14.6. The molecule has 0 fully saturated rings. The SMILES string of the molecule is CCc1c(NC)ncnc1Oc1ccc(C#N)cc1OC. The molecule has 0 spiro atoms. The van der Waals surface area contributed by atoms with Crippen molar-refractivity contribution in [2.24, 2.45) is 0 Å². The lowest BCUT2D eigenvalue weighted by atomic mass is 10.2. The maximum Gasteiger partial charge on any atom is 0.227 e. The lowest BCUT2D eigenvalue weighted by Gasteiger charge is -2.13. The molecule has 1 heterocycles. The van der Waals surface area contributed by atoms with Gasteiger partial charge in [-0.05, 0) is 18.6 Å². The van der Waals surface area contributed by atoms with Crippen molar-refractivity contribution in [1.29, 1.82) is 5.26 Å². The standard InChI is InChI=1S/C15H16N4O2/c1-4-11-14(17-2)18-9-19-15(11)21-12-6-5-10(8-16)7-13(12)20-3/h5-7,9H,4H2,1-3H3,(H,17,18,19). The third-order valence-electron chi connectivity index (χ3n) is 3.00. The number of methoxy groups -OCH3 is 1. The second kappa shape index (κ2) is 6.57. The van der Waals surface area contributed by atoms with Crippen molar-refractivity contribution in [3.8, 4) is 23.4 Å². The average Bonchev–Trinajstić information content (AvgIpc) is 2.54. The van der Waals surface area contributed by atoms with Crippen LogP contribution >= 0.6 is 0 Å². The maximum absolute atomic E-state index is 8.91. The summed E-state index contributed by atoms with van der Waals surface area (Å²) in [5.74, 6) is 2.20. The molecule has 2 aromatic rings. The Morgan fingerprint density at radius 3 is 2.71 bits per heavy atom. The lowest BCUT2D eigenvalue weighted by molar-refractivity contribution is 0.372. The summed E-state index contributed by atoms with van der Waals surface area (Å²) >= 11 is 0. The summed E-state index contributed by atoms with van der Waals surface area (Å²) in [6, 6.07) is 7.05. The first-order valence-electron chi connectivity index (χ1n) is 6.51. The molecule has 1 aromatic carbocycles. The van der Waals surface area contributed by atoms with Crippen molar-refractivity contribution in [1.82, 2.24) is 9.97 Å². The van der Waals surface area contributed by atoms with Crippen LogP contribution in [0, 0.1) is 11.3 Å². The average molecular weight is 284 g/mol. The van der Waals surface area contributed by atoms with Crippen LogP contribution in [0.1, 0.15) is 18.1 Å². The number of hydrogen-bond acceptors (Lipinski definition) is 6. The Morgan fingerprint density at radius 2 is 2.10 bits per heavy atom. The zero-order valence-electron chi connectivity index (χ0n) is 12.2. The summed E-state index contributed by atoms with van der Waals surface area (Å²) in [7, 11) is 3.33. The van der Waals surface area contributed by atoms with Crippen molar-refractivity contribution in [3.63, 3.8) is 0 Å². The molecule has 0 bridgehead atoms. The summed E-state index contributed by atoms with van der Waals surface area (Å²) in [6.07, 6.45) is 2.17. The molecule has 108 valence electrons. The zero-order valence-corrected chi connectivity index (χ0v) is 12.2. The van der Waals surface area contributed by atoms with Crippen LogP contribution in [-0.4, -0.2) is 24.1 Å². The van der Waals surface area contributed by atoms with E-state index in [1.165, 1.54) is 13.4 Å². The molecule has 0 radical (unpaired) electrons. The van der Waals surface area contributed by atoms with Crippen LogP contribution in [0.15, 0.2) is 24.5 Å². The fourth-order valence-electron chi connectivity index (χ4n) is 1.94. The van der Waals surface area contributed by atoms with Crippen LogP contribution in [0.4, 0.5) is 5.82 Å². The second-order valence-corrected chi connectivity index (χ2v) is 4.19. The molecule has 0 aliphatic rings. The van der Waals surface area contributed by atoms with Crippen LogP contribution in [0.5, 0.6) is 17.4 Å². The highest BCUT2D eigenvalue weighted by molar-refractivity contribution is 5.52. The molecule has 2 rings (SSSR count). The van der Waals surface area contributed by atoms with Crippen LogP contribution in [0.3, 0.4) is 0 Å². The van der Waals surface area contributed by atoms with Crippen molar-refractivity contribution in [3.05, 3.63) is 35.7 Å². The fraction of sp³-hybridized carbons (Fsp3) is 0.267. The van der Waals surface area contributed by atoms with Gasteiger partial charge in [0, 0.05) is 13.1 Å². The summed E-state index contributed by atoms with van der Waals surface area (Å²) in [5.41, 5.74) is 1.39. The maximum atomic E-state index is 8.91. The molecule has 0 saturated heterocycles. The second-order valence-electron chi connectivity index (χ2n) is 4.19. The van der Waals surface area contributed by atoms with E-state index < -0.39 is 0 Å². The lowest BCUT2D eigenvalue weighted by Crippen LogP contribution is -2.03. The summed E-state index contributed by atoms with van der Waals surface area (Å²) < 4.78 is 11.1. The highest BCUT2D eigenvalue weighted by Crippen LogP contribution is 2.34. The highest BCUT2D eigenvalue weighted by Gasteiger charge is 2.13. The Bertz CT molecular complexity index is 680. The van der Waals surface area contributed by atoms with Crippen molar-refractivity contribution in [2.75, 3.05) is 19.5 Å². The van der Waals surface area contributed by atoms with Gasteiger partial charge in [-0.2, -0.15) is 5.26 Å². The van der Waals surface area contributed by atoms with Gasteiger partial charge in [0.15, 0.2) is 11.5 Å². The zero-order chi connectivity index (χ0) is 15.2. The van der Waals surface area contributed by atoms with E-state index in [0.717, 1.165) is 17.8 Å². The normalized spacial score (nSPS) is 9.81. The van der Waals surface area contributed by atoms with Gasteiger partial charge in [0.1, 0.15) is 12.1 Å². The number of nitriles is 1. The summed E-state index contributed by atoms with van der Waals surface area (Å²) in [6.45, 7) is 2.00. The van der Waals surface area contributed by atoms with Gasteiger partial charge in [0.05, 0.1) is 24.3 Å². The number of hydrogen-bond donors (Lipinski definition) is 1. The predicted octanol–water partition coefficient (Wildman–Crippen LogP) is 2.75. The predicted molar refractivity (Wildman–Crippen MR) is 78.7 cm³/mol. The molecular weight excluding hydrogens is 268 g/mol. The molecule has 0 aliphatic heterocycles. The topological polar surface area (TPSA) is 80.1 Å². The van der Waals surface area contributed by atoms with Gasteiger partial charge in [0.25, 0.3) is 0 Å². The Balaban J connectivity index is 2.41. The largest absolute Gasteiger partial charge is 0.493 e. The number of nitrogens with one attached hydrogen (secondary N) is 1. The molecule has 0 atom stereocenters. The molecule has 0 aliphatic carbocycles. The van der Waals surface area contributed by atoms with E-state index >= 15 is 0 Å². The highest BCUT2D eigenvalue weighted by atomic mass is 16.5. The van der Waals surface area contributed by atoms with E-state index in [1.807, 2.05) is 6.92 Å². The van der Waals surface area contributed by atoms with Crippen molar-refractivity contribution in [2.45, 2.75) is 13.3 Å². The van der Waals surface area contributed by atoms with Gasteiger partial charge in [0.2, 0.25) is 5.88 Å².